The minimum absolute atomic E-state index is 0.122. The summed E-state index contributed by atoms with van der Waals surface area (Å²) < 4.78 is 8.27. The lowest BCUT2D eigenvalue weighted by atomic mass is 10.0. The minimum atomic E-state index is -1.19. The van der Waals surface area contributed by atoms with Crippen molar-refractivity contribution in [3.63, 3.8) is 0 Å². The number of amides is 2. The first-order valence-corrected chi connectivity index (χ1v) is 15.0. The Bertz CT molecular complexity index is 1020. The van der Waals surface area contributed by atoms with E-state index in [1.54, 1.807) is 28.8 Å². The summed E-state index contributed by atoms with van der Waals surface area (Å²) in [5, 5.41) is 11.6. The van der Waals surface area contributed by atoms with Crippen molar-refractivity contribution in [2.75, 3.05) is 19.7 Å². The van der Waals surface area contributed by atoms with Crippen molar-refractivity contribution < 1.29 is 14.3 Å². The summed E-state index contributed by atoms with van der Waals surface area (Å²) in [5.74, 6) is -0.706. The average Bonchev–Trinajstić information content (AvgIpc) is 3.01. The molecule has 2 aromatic heterocycles. The van der Waals surface area contributed by atoms with Crippen LogP contribution in [0.3, 0.4) is 0 Å². The molecule has 0 unspecified atom stereocenters. The Kier molecular flexibility index (Phi) is 7.33. The van der Waals surface area contributed by atoms with E-state index in [1.807, 2.05) is 0 Å². The Morgan fingerprint density at radius 1 is 1.42 bits per heavy atom. The zero-order chi connectivity index (χ0) is 22.8. The predicted molar refractivity (Wildman–Crippen MR) is 127 cm³/mol. The van der Waals surface area contributed by atoms with Crippen LogP contribution < -0.4 is 5.32 Å². The Hall–Kier alpha value is -2.04. The molecule has 0 radical (unpaired) electrons. The highest BCUT2D eigenvalue weighted by molar-refractivity contribution is 14.1. The quantitative estimate of drug-likeness (QED) is 0.305. The fourth-order valence-electron chi connectivity index (χ4n) is 3.19. The van der Waals surface area contributed by atoms with E-state index in [-0.39, 0.29) is 24.5 Å². The number of likely N-dealkylation sites (tertiary alicyclic amines) is 1. The van der Waals surface area contributed by atoms with Gasteiger partial charge in [0.2, 0.25) is 5.91 Å². The first-order valence-electron chi connectivity index (χ1n) is 10.2. The molecule has 1 aliphatic heterocycles. The highest BCUT2D eigenvalue weighted by atomic mass is 127. The van der Waals surface area contributed by atoms with Crippen molar-refractivity contribution in [1.82, 2.24) is 24.8 Å². The molecular formula is C20H27IN6O3Si. The Morgan fingerprint density at radius 2 is 2.13 bits per heavy atom. The molecule has 3 rings (SSSR count). The van der Waals surface area contributed by atoms with Gasteiger partial charge in [-0.3, -0.25) is 9.59 Å². The Labute approximate surface area is 196 Å². The van der Waals surface area contributed by atoms with Gasteiger partial charge in [-0.05, 0) is 35.6 Å². The lowest BCUT2D eigenvalue weighted by Gasteiger charge is -2.37. The number of nitrogens with zero attached hydrogens (tertiary/aromatic N) is 5. The summed E-state index contributed by atoms with van der Waals surface area (Å²) >= 11 is 2.06. The molecule has 1 fully saturated rings. The molecular weight excluding hydrogens is 527 g/mol. The van der Waals surface area contributed by atoms with Crippen molar-refractivity contribution in [3.05, 3.63) is 21.7 Å². The van der Waals surface area contributed by atoms with Gasteiger partial charge in [-0.25, -0.2) is 9.97 Å². The molecule has 0 spiro atoms. The average molecular weight is 554 g/mol. The van der Waals surface area contributed by atoms with Crippen LogP contribution in [-0.2, 0) is 16.3 Å². The summed E-state index contributed by atoms with van der Waals surface area (Å²) in [6, 6.07) is 2.49. The molecule has 1 aliphatic rings. The normalized spacial score (nSPS) is 15.4. The number of carbonyl (C=O) groups is 2. The lowest BCUT2D eigenvalue weighted by molar-refractivity contribution is -0.137. The molecule has 166 valence electrons. The Morgan fingerprint density at radius 3 is 2.77 bits per heavy atom. The molecule has 3 heterocycles. The number of rotatable bonds is 8. The summed E-state index contributed by atoms with van der Waals surface area (Å²) in [5.41, 5.74) is 1.40. The van der Waals surface area contributed by atoms with Crippen LogP contribution in [0.2, 0.25) is 25.7 Å². The molecule has 1 saturated heterocycles. The number of nitriles is 1. The van der Waals surface area contributed by atoms with Gasteiger partial charge in [0.15, 0.2) is 5.65 Å². The number of aromatic nitrogens is 3. The third-order valence-electron chi connectivity index (χ3n) is 5.10. The number of carbonyl (C=O) groups excluding carboxylic acids is 2. The van der Waals surface area contributed by atoms with E-state index in [9.17, 15) is 9.59 Å². The molecule has 2 aromatic rings. The topological polar surface area (TPSA) is 113 Å². The Balaban J connectivity index is 1.71. The number of nitrogens with one attached hydrogen (secondary N) is 1. The zero-order valence-corrected chi connectivity index (χ0v) is 21.3. The highest BCUT2D eigenvalue weighted by Crippen LogP contribution is 2.20. The number of hydrogen-bond acceptors (Lipinski definition) is 6. The molecule has 0 aromatic carbocycles. The number of ether oxygens (including phenoxy) is 1. The molecule has 9 nitrogen and oxygen atoms in total. The van der Waals surface area contributed by atoms with Crippen LogP contribution in [0.4, 0.5) is 0 Å². The monoisotopic (exact) mass is 554 g/mol. The van der Waals surface area contributed by atoms with Gasteiger partial charge in [0, 0.05) is 34.0 Å². The molecule has 11 heteroatoms. The van der Waals surface area contributed by atoms with E-state index >= 15 is 0 Å². The summed E-state index contributed by atoms with van der Waals surface area (Å²) in [6.07, 6.45) is 3.32. The molecule has 2 amide bonds. The summed E-state index contributed by atoms with van der Waals surface area (Å²) in [7, 11) is -1.19. The standard InChI is InChI=1S/C20H27IN6O3Si/c1-13(20(29)26-9-14(7-22)10-26)24-19(28)15-11-27(12-30-5-6-31(2,3)4)18-17(15)25-16(21)8-23-18/h8,11,13-14H,5-6,9-10,12H2,1-4H3,(H,24,28)/t13-/m1/s1. The van der Waals surface area contributed by atoms with Gasteiger partial charge in [0.25, 0.3) is 5.91 Å². The maximum absolute atomic E-state index is 13.0. The van der Waals surface area contributed by atoms with E-state index in [0.717, 1.165) is 6.04 Å². The van der Waals surface area contributed by atoms with Crippen LogP contribution in [0.15, 0.2) is 12.4 Å². The first kappa shape index (κ1) is 23.6. The van der Waals surface area contributed by atoms with Gasteiger partial charge in [0.1, 0.15) is 22.0 Å². The van der Waals surface area contributed by atoms with Crippen molar-refractivity contribution >= 4 is 53.6 Å². The fourth-order valence-corrected chi connectivity index (χ4v) is 4.32. The van der Waals surface area contributed by atoms with E-state index in [1.165, 1.54) is 0 Å². The van der Waals surface area contributed by atoms with E-state index in [2.05, 4.69) is 63.6 Å². The first-order chi connectivity index (χ1) is 14.6. The van der Waals surface area contributed by atoms with Gasteiger partial charge < -0.3 is 19.5 Å². The molecule has 31 heavy (non-hydrogen) atoms. The van der Waals surface area contributed by atoms with Crippen LogP contribution in [0, 0.1) is 20.9 Å². The van der Waals surface area contributed by atoms with Gasteiger partial charge in [-0.15, -0.1) is 0 Å². The van der Waals surface area contributed by atoms with Gasteiger partial charge in [0.05, 0.1) is 23.7 Å². The van der Waals surface area contributed by atoms with Crippen molar-refractivity contribution in [3.8, 4) is 6.07 Å². The van der Waals surface area contributed by atoms with Crippen LogP contribution >= 0.6 is 22.6 Å². The van der Waals surface area contributed by atoms with Crippen LogP contribution in [-0.4, -0.2) is 65.1 Å². The fraction of sp³-hybridized carbons (Fsp3) is 0.550. The second-order valence-electron chi connectivity index (χ2n) is 8.99. The van der Waals surface area contributed by atoms with Crippen molar-refractivity contribution in [2.45, 2.75) is 45.4 Å². The molecule has 1 atom stereocenters. The van der Waals surface area contributed by atoms with Crippen LogP contribution in [0.1, 0.15) is 17.3 Å². The number of fused-ring (bicyclic) bond motifs is 1. The largest absolute Gasteiger partial charge is 0.361 e. The zero-order valence-electron chi connectivity index (χ0n) is 18.2. The van der Waals surface area contributed by atoms with Crippen LogP contribution in [0.5, 0.6) is 0 Å². The van der Waals surface area contributed by atoms with Crippen molar-refractivity contribution in [1.29, 1.82) is 5.26 Å². The van der Waals surface area contributed by atoms with Crippen molar-refractivity contribution in [2.24, 2.45) is 5.92 Å². The van der Waals surface area contributed by atoms with E-state index < -0.39 is 14.1 Å². The van der Waals surface area contributed by atoms with Crippen LogP contribution in [0.25, 0.3) is 11.2 Å². The third-order valence-corrected chi connectivity index (χ3v) is 7.32. The SMILES string of the molecule is C[C@@H](NC(=O)c1cn(COCC[Si](C)(C)C)c2ncc(I)nc12)C(=O)N1CC(C#N)C1. The van der Waals surface area contributed by atoms with E-state index in [0.29, 0.717) is 40.1 Å². The van der Waals surface area contributed by atoms with E-state index in [4.69, 9.17) is 10.00 Å². The predicted octanol–water partition coefficient (Wildman–Crippen LogP) is 2.45. The minimum Gasteiger partial charge on any atom is -0.361 e. The summed E-state index contributed by atoms with van der Waals surface area (Å²) in [6.45, 7) is 10.3. The maximum Gasteiger partial charge on any atom is 0.255 e. The molecule has 0 aliphatic carbocycles. The maximum atomic E-state index is 13.0. The number of halogens is 1. The lowest BCUT2D eigenvalue weighted by Crippen LogP contribution is -2.55. The molecule has 0 saturated carbocycles. The number of hydrogen-bond donors (Lipinski definition) is 1. The smallest absolute Gasteiger partial charge is 0.255 e. The second-order valence-corrected chi connectivity index (χ2v) is 15.7. The highest BCUT2D eigenvalue weighted by Gasteiger charge is 2.33. The van der Waals surface area contributed by atoms with Gasteiger partial charge >= 0.3 is 0 Å². The molecule has 0 bridgehead atoms. The third kappa shape index (κ3) is 5.81. The van der Waals surface area contributed by atoms with Gasteiger partial charge in [-0.2, -0.15) is 5.26 Å². The summed E-state index contributed by atoms with van der Waals surface area (Å²) in [4.78, 5) is 35.9. The molecule has 1 N–H and O–H groups in total. The second kappa shape index (κ2) is 9.62. The van der Waals surface area contributed by atoms with Gasteiger partial charge in [-0.1, -0.05) is 19.6 Å².